The van der Waals surface area contributed by atoms with Gasteiger partial charge in [-0.1, -0.05) is 30.3 Å². The highest BCUT2D eigenvalue weighted by Gasteiger charge is 2.30. The van der Waals surface area contributed by atoms with E-state index in [1.165, 1.54) is 0 Å². The zero-order valence-electron chi connectivity index (χ0n) is 12.6. The van der Waals surface area contributed by atoms with E-state index in [1.807, 2.05) is 6.07 Å². The van der Waals surface area contributed by atoms with Crippen molar-refractivity contribution in [3.05, 3.63) is 35.9 Å². The molecular weight excluding hydrogens is 303 g/mol. The van der Waals surface area contributed by atoms with Crippen LogP contribution in [0.5, 0.6) is 0 Å². The van der Waals surface area contributed by atoms with E-state index < -0.39 is 19.3 Å². The zero-order valence-corrected chi connectivity index (χ0v) is 13.5. The fraction of sp³-hybridized carbons (Fsp3) is 0.562. The van der Waals surface area contributed by atoms with Gasteiger partial charge in [-0.15, -0.1) is 0 Å². The fourth-order valence-corrected chi connectivity index (χ4v) is 4.77. The molecular formula is C16H23O5P. The first-order valence-electron chi connectivity index (χ1n) is 7.65. The second kappa shape index (κ2) is 7.91. The van der Waals surface area contributed by atoms with E-state index in [9.17, 15) is 19.4 Å². The molecule has 1 fully saturated rings. The van der Waals surface area contributed by atoms with E-state index in [4.69, 9.17) is 4.74 Å². The van der Waals surface area contributed by atoms with Crippen LogP contribution >= 0.6 is 7.37 Å². The number of rotatable bonds is 8. The minimum Gasteiger partial charge on any atom is -0.481 e. The molecule has 22 heavy (non-hydrogen) atoms. The first-order valence-corrected chi connectivity index (χ1v) is 9.68. The van der Waals surface area contributed by atoms with Gasteiger partial charge in [-0.2, -0.15) is 0 Å². The van der Waals surface area contributed by atoms with Gasteiger partial charge in [0, 0.05) is 18.9 Å². The lowest BCUT2D eigenvalue weighted by Crippen LogP contribution is -2.20. The maximum Gasteiger partial charge on any atom is 0.307 e. The minimum atomic E-state index is -3.51. The molecule has 3 atom stereocenters. The van der Waals surface area contributed by atoms with Crippen LogP contribution in [0.3, 0.4) is 0 Å². The molecule has 122 valence electrons. The van der Waals surface area contributed by atoms with Crippen LogP contribution in [0.2, 0.25) is 0 Å². The van der Waals surface area contributed by atoms with Gasteiger partial charge >= 0.3 is 5.97 Å². The van der Waals surface area contributed by atoms with Crippen molar-refractivity contribution in [2.75, 3.05) is 12.8 Å². The summed E-state index contributed by atoms with van der Waals surface area (Å²) in [6, 6.07) is 9.02. The molecule has 1 aromatic rings. The van der Waals surface area contributed by atoms with Crippen LogP contribution in [0.25, 0.3) is 0 Å². The predicted molar refractivity (Wildman–Crippen MR) is 84.2 cm³/mol. The van der Waals surface area contributed by atoms with Gasteiger partial charge in [-0.3, -0.25) is 9.36 Å². The Morgan fingerprint density at radius 3 is 2.68 bits per heavy atom. The average molecular weight is 326 g/mol. The highest BCUT2D eigenvalue weighted by atomic mass is 31.2. The smallest absolute Gasteiger partial charge is 0.307 e. The molecule has 2 rings (SSSR count). The summed E-state index contributed by atoms with van der Waals surface area (Å²) in [7, 11) is -3.51. The Labute approximate surface area is 130 Å². The molecule has 0 aliphatic carbocycles. The normalized spacial score (nSPS) is 22.1. The van der Waals surface area contributed by atoms with E-state index in [0.717, 1.165) is 25.0 Å². The van der Waals surface area contributed by atoms with Crippen molar-refractivity contribution in [1.29, 1.82) is 0 Å². The number of hydrogen-bond acceptors (Lipinski definition) is 3. The maximum absolute atomic E-state index is 12.4. The molecule has 0 spiro atoms. The van der Waals surface area contributed by atoms with Crippen molar-refractivity contribution in [1.82, 2.24) is 0 Å². The molecule has 0 amide bonds. The SMILES string of the molecule is O=C(O)C(CCC1CCCO1)CP(=O)(O)Cc1ccccc1. The lowest BCUT2D eigenvalue weighted by molar-refractivity contribution is -0.141. The van der Waals surface area contributed by atoms with Gasteiger partial charge in [0.25, 0.3) is 0 Å². The Kier molecular flexibility index (Phi) is 6.18. The van der Waals surface area contributed by atoms with Gasteiger partial charge in [0.2, 0.25) is 7.37 Å². The van der Waals surface area contributed by atoms with Crippen LogP contribution in [0.15, 0.2) is 30.3 Å². The summed E-state index contributed by atoms with van der Waals surface area (Å²) in [5.41, 5.74) is 0.761. The largest absolute Gasteiger partial charge is 0.481 e. The maximum atomic E-state index is 12.4. The summed E-state index contributed by atoms with van der Waals surface area (Å²) >= 11 is 0. The first kappa shape index (κ1) is 17.2. The number of carboxylic acid groups (broad SMARTS) is 1. The summed E-state index contributed by atoms with van der Waals surface area (Å²) in [5, 5.41) is 9.30. The van der Waals surface area contributed by atoms with E-state index in [-0.39, 0.29) is 18.4 Å². The fourth-order valence-electron chi connectivity index (χ4n) is 2.83. The van der Waals surface area contributed by atoms with E-state index in [2.05, 4.69) is 0 Å². The second-order valence-electron chi connectivity index (χ2n) is 5.92. The van der Waals surface area contributed by atoms with Crippen molar-refractivity contribution >= 4 is 13.3 Å². The molecule has 0 saturated carbocycles. The first-order chi connectivity index (χ1) is 10.5. The second-order valence-corrected chi connectivity index (χ2v) is 8.29. The highest BCUT2D eigenvalue weighted by Crippen LogP contribution is 2.47. The minimum absolute atomic E-state index is 0.0253. The molecule has 5 nitrogen and oxygen atoms in total. The third-order valence-corrected chi connectivity index (χ3v) is 5.86. The molecule has 2 N–H and O–H groups in total. The Morgan fingerprint density at radius 2 is 2.09 bits per heavy atom. The average Bonchev–Trinajstić information content (AvgIpc) is 2.97. The lowest BCUT2D eigenvalue weighted by Gasteiger charge is -2.19. The van der Waals surface area contributed by atoms with Gasteiger partial charge in [-0.25, -0.2) is 0 Å². The van der Waals surface area contributed by atoms with Crippen LogP contribution in [0, 0.1) is 5.92 Å². The molecule has 1 heterocycles. The van der Waals surface area contributed by atoms with E-state index >= 15 is 0 Å². The molecule has 1 saturated heterocycles. The van der Waals surface area contributed by atoms with E-state index in [1.54, 1.807) is 24.3 Å². The van der Waals surface area contributed by atoms with Crippen molar-refractivity contribution in [3.8, 4) is 0 Å². The summed E-state index contributed by atoms with van der Waals surface area (Å²) in [4.78, 5) is 21.5. The molecule has 6 heteroatoms. The van der Waals surface area contributed by atoms with Crippen LogP contribution in [-0.2, 0) is 20.3 Å². The molecule has 0 bridgehead atoms. The number of carboxylic acids is 1. The van der Waals surface area contributed by atoms with Crippen LogP contribution in [0.4, 0.5) is 0 Å². The summed E-state index contributed by atoms with van der Waals surface area (Å²) in [6.45, 7) is 0.731. The quantitative estimate of drug-likeness (QED) is 0.717. The molecule has 3 unspecified atom stereocenters. The Morgan fingerprint density at radius 1 is 1.36 bits per heavy atom. The number of hydrogen-bond donors (Lipinski definition) is 2. The topological polar surface area (TPSA) is 83.8 Å². The van der Waals surface area contributed by atoms with E-state index in [0.29, 0.717) is 12.8 Å². The van der Waals surface area contributed by atoms with Crippen LogP contribution in [-0.4, -0.2) is 34.8 Å². The van der Waals surface area contributed by atoms with Gasteiger partial charge in [0.15, 0.2) is 0 Å². The van der Waals surface area contributed by atoms with Crippen LogP contribution < -0.4 is 0 Å². The summed E-state index contributed by atoms with van der Waals surface area (Å²) in [5.74, 6) is -1.79. The van der Waals surface area contributed by atoms with Gasteiger partial charge < -0.3 is 14.7 Å². The molecule has 0 aromatic heterocycles. The van der Waals surface area contributed by atoms with Crippen molar-refractivity contribution in [3.63, 3.8) is 0 Å². The third-order valence-electron chi connectivity index (χ3n) is 3.99. The monoisotopic (exact) mass is 326 g/mol. The van der Waals surface area contributed by atoms with Gasteiger partial charge in [-0.05, 0) is 31.2 Å². The third kappa shape index (κ3) is 5.56. The summed E-state index contributed by atoms with van der Waals surface area (Å²) < 4.78 is 17.8. The van der Waals surface area contributed by atoms with Gasteiger partial charge in [0.1, 0.15) is 0 Å². The van der Waals surface area contributed by atoms with Crippen molar-refractivity contribution < 1.29 is 24.1 Å². The number of benzene rings is 1. The number of carbonyl (C=O) groups is 1. The number of ether oxygens (including phenoxy) is 1. The Balaban J connectivity index is 1.90. The van der Waals surface area contributed by atoms with Gasteiger partial charge in [0.05, 0.1) is 12.0 Å². The number of aliphatic carboxylic acids is 1. The lowest BCUT2D eigenvalue weighted by atomic mass is 10.0. The Hall–Kier alpha value is -1.16. The highest BCUT2D eigenvalue weighted by molar-refractivity contribution is 7.57. The molecule has 0 radical (unpaired) electrons. The zero-order chi connectivity index (χ0) is 16.0. The predicted octanol–water partition coefficient (Wildman–Crippen LogP) is 3.12. The van der Waals surface area contributed by atoms with Crippen molar-refractivity contribution in [2.45, 2.75) is 37.9 Å². The molecule has 1 aromatic carbocycles. The standard InChI is InChI=1S/C16H23O5P/c17-16(18)14(8-9-15-7-4-10-21-15)12-22(19,20)11-13-5-2-1-3-6-13/h1-3,5-6,14-15H,4,7-12H2,(H,17,18)(H,19,20). The van der Waals surface area contributed by atoms with Crippen molar-refractivity contribution in [2.24, 2.45) is 5.92 Å². The van der Waals surface area contributed by atoms with Crippen LogP contribution in [0.1, 0.15) is 31.2 Å². The molecule has 1 aliphatic heterocycles. The Bertz CT molecular complexity index is 525. The molecule has 1 aliphatic rings. The summed E-state index contributed by atoms with van der Waals surface area (Å²) in [6.07, 6.45) is 2.94.